The molecule has 0 saturated carbocycles. The molecule has 0 unspecified atom stereocenters. The van der Waals surface area contributed by atoms with Crippen molar-refractivity contribution in [1.82, 2.24) is 25.6 Å². The second kappa shape index (κ2) is 25.7. The number of aldehydes is 1. The Balaban J connectivity index is 0.000000237. The monoisotopic (exact) mass is 842 g/mol. The number of aromatic nitrogens is 3. The highest BCUT2D eigenvalue weighted by molar-refractivity contribution is 6.09. The third-order valence-electron chi connectivity index (χ3n) is 10.9. The molecular formula is C54H63N7O2. The summed E-state index contributed by atoms with van der Waals surface area (Å²) in [5.41, 5.74) is 19.9. The maximum Gasteiger partial charge on any atom is 0.151 e. The molecule has 9 heteroatoms. The number of nitrogens with zero attached hydrogens (tertiary/aromatic N) is 3. The van der Waals surface area contributed by atoms with Gasteiger partial charge in [0.1, 0.15) is 0 Å². The van der Waals surface area contributed by atoms with Gasteiger partial charge in [-0.2, -0.15) is 0 Å². The third-order valence-corrected chi connectivity index (χ3v) is 10.9. The summed E-state index contributed by atoms with van der Waals surface area (Å²) in [6, 6.07) is 49.3. The molecule has 326 valence electrons. The maximum atomic E-state index is 11.2. The van der Waals surface area contributed by atoms with Crippen molar-refractivity contribution in [2.45, 2.75) is 59.0 Å². The van der Waals surface area contributed by atoms with E-state index >= 15 is 0 Å². The summed E-state index contributed by atoms with van der Waals surface area (Å²) < 4.78 is 0. The SMILES string of the molecule is C.CO.NCCCCCN.O=Cc1c2ccccc2nc2ccccc12.c1ccc2c(CNCCCCCNCc3c4ccccc4nc4ccccc34)c3ccccc3nc2c1. The number of nitrogens with two attached hydrogens (primary N) is 2. The number of rotatable bonds is 15. The quantitative estimate of drug-likeness (QED) is 0.0386. The van der Waals surface area contributed by atoms with Crippen LogP contribution < -0.4 is 22.1 Å². The van der Waals surface area contributed by atoms with Crippen LogP contribution >= 0.6 is 0 Å². The first-order chi connectivity index (χ1) is 30.7. The number of aliphatic hydroxyl groups is 1. The maximum absolute atomic E-state index is 11.2. The number of unbranched alkanes of at least 4 members (excludes halogenated alkanes) is 4. The van der Waals surface area contributed by atoms with Gasteiger partial charge in [0.2, 0.25) is 0 Å². The number of hydrogen-bond donors (Lipinski definition) is 5. The van der Waals surface area contributed by atoms with Gasteiger partial charge in [0.15, 0.2) is 6.29 Å². The lowest BCUT2D eigenvalue weighted by Crippen LogP contribution is -2.17. The Morgan fingerprint density at radius 2 is 0.698 bits per heavy atom. The van der Waals surface area contributed by atoms with Crippen LogP contribution in [0.3, 0.4) is 0 Å². The minimum absolute atomic E-state index is 0. The number of benzene rings is 6. The van der Waals surface area contributed by atoms with Crippen LogP contribution in [0.2, 0.25) is 0 Å². The second-order valence-electron chi connectivity index (χ2n) is 15.0. The van der Waals surface area contributed by atoms with Crippen molar-refractivity contribution in [1.29, 1.82) is 0 Å². The largest absolute Gasteiger partial charge is 0.400 e. The topological polar surface area (TPSA) is 152 Å². The van der Waals surface area contributed by atoms with Crippen LogP contribution in [0.1, 0.15) is 67.4 Å². The highest BCUT2D eigenvalue weighted by atomic mass is 16.2. The molecule has 0 amide bonds. The van der Waals surface area contributed by atoms with Crippen LogP contribution in [0.5, 0.6) is 0 Å². The number of fused-ring (bicyclic) bond motifs is 6. The van der Waals surface area contributed by atoms with Gasteiger partial charge in [-0.05, 0) is 99.4 Å². The van der Waals surface area contributed by atoms with Crippen molar-refractivity contribution in [3.63, 3.8) is 0 Å². The molecule has 3 heterocycles. The summed E-state index contributed by atoms with van der Waals surface area (Å²) in [6.07, 6.45) is 7.89. The van der Waals surface area contributed by atoms with Gasteiger partial charge in [-0.15, -0.1) is 0 Å². The first kappa shape index (κ1) is 47.8. The minimum Gasteiger partial charge on any atom is -0.400 e. The van der Waals surface area contributed by atoms with Gasteiger partial charge in [-0.25, -0.2) is 15.0 Å². The Labute approximate surface area is 372 Å². The van der Waals surface area contributed by atoms with Gasteiger partial charge in [-0.3, -0.25) is 4.79 Å². The number of pyridine rings is 3. The summed E-state index contributed by atoms with van der Waals surface area (Å²) >= 11 is 0. The number of aliphatic hydroxyl groups excluding tert-OH is 1. The number of carbonyl (C=O) groups is 1. The van der Waals surface area contributed by atoms with Crippen molar-refractivity contribution in [3.05, 3.63) is 162 Å². The lowest BCUT2D eigenvalue weighted by Gasteiger charge is -2.13. The lowest BCUT2D eigenvalue weighted by atomic mass is 10.0. The Bertz CT molecular complexity index is 2520. The Hall–Kier alpha value is -6.20. The number of para-hydroxylation sites is 6. The normalized spacial score (nSPS) is 10.7. The fourth-order valence-corrected chi connectivity index (χ4v) is 7.80. The molecule has 9 nitrogen and oxygen atoms in total. The third kappa shape index (κ3) is 12.5. The van der Waals surface area contributed by atoms with Crippen LogP contribution in [-0.2, 0) is 13.1 Å². The number of hydrogen-bond acceptors (Lipinski definition) is 9. The van der Waals surface area contributed by atoms with Gasteiger partial charge >= 0.3 is 0 Å². The Morgan fingerprint density at radius 1 is 0.429 bits per heavy atom. The van der Waals surface area contributed by atoms with Crippen molar-refractivity contribution in [2.24, 2.45) is 11.5 Å². The molecule has 9 aromatic rings. The molecule has 6 aromatic carbocycles. The summed E-state index contributed by atoms with van der Waals surface area (Å²) in [7, 11) is 1.00. The highest BCUT2D eigenvalue weighted by Gasteiger charge is 2.10. The van der Waals surface area contributed by atoms with Crippen LogP contribution in [0.4, 0.5) is 0 Å². The molecule has 0 bridgehead atoms. The van der Waals surface area contributed by atoms with E-state index in [0.717, 1.165) is 115 Å². The van der Waals surface area contributed by atoms with Crippen molar-refractivity contribution in [2.75, 3.05) is 33.3 Å². The second-order valence-corrected chi connectivity index (χ2v) is 15.0. The molecular weight excluding hydrogens is 779 g/mol. The summed E-state index contributed by atoms with van der Waals surface area (Å²) in [4.78, 5) is 25.4. The minimum atomic E-state index is 0. The van der Waals surface area contributed by atoms with E-state index in [2.05, 4.69) is 113 Å². The first-order valence-corrected chi connectivity index (χ1v) is 21.7. The van der Waals surface area contributed by atoms with Crippen molar-refractivity contribution >= 4 is 71.7 Å². The van der Waals surface area contributed by atoms with Crippen molar-refractivity contribution in [3.8, 4) is 0 Å². The molecule has 9 rings (SSSR count). The molecule has 0 atom stereocenters. The molecule has 0 aliphatic heterocycles. The van der Waals surface area contributed by atoms with E-state index in [1.165, 1.54) is 58.4 Å². The Kier molecular flexibility index (Phi) is 19.5. The molecule has 0 aliphatic carbocycles. The van der Waals surface area contributed by atoms with E-state index in [0.29, 0.717) is 0 Å². The fourth-order valence-electron chi connectivity index (χ4n) is 7.80. The standard InChI is InChI=1S/C33H32N4.C14H9NO.C5H14N2.CH4O.CH4/c1(10-20-34-22-28-24-12-2-6-16-30(24)36-31-17-7-3-13-25(28)31)11-21-35-23-29-26-14-4-8-18-32(26)37-33-19-9-5-15-27(29)33;16-9-12-10-5-1-3-7-13(10)15-14-8-4-2-6-11(12)14;6-4-2-1-3-5-7;1-2;/h2-9,12-19,34-35H,1,10-11,20-23H2;1-9H;1-7H2;2H,1H3;1H4. The molecule has 63 heavy (non-hydrogen) atoms. The van der Waals surface area contributed by atoms with E-state index in [1.807, 2.05) is 48.5 Å². The average molecular weight is 842 g/mol. The summed E-state index contributed by atoms with van der Waals surface area (Å²) in [6.45, 7) is 5.38. The lowest BCUT2D eigenvalue weighted by molar-refractivity contribution is 0.112. The van der Waals surface area contributed by atoms with Gasteiger partial charge in [-0.1, -0.05) is 129 Å². The first-order valence-electron chi connectivity index (χ1n) is 21.7. The predicted octanol–water partition coefficient (Wildman–Crippen LogP) is 10.7. The van der Waals surface area contributed by atoms with Crippen LogP contribution in [-0.4, -0.2) is 59.6 Å². The van der Waals surface area contributed by atoms with Gasteiger partial charge in [0, 0.05) is 58.1 Å². The molecule has 0 spiro atoms. The number of carbonyl (C=O) groups excluding carboxylic acids is 1. The van der Waals surface area contributed by atoms with E-state index < -0.39 is 0 Å². The van der Waals surface area contributed by atoms with E-state index in [4.69, 9.17) is 26.5 Å². The average Bonchev–Trinajstić information content (AvgIpc) is 3.33. The smallest absolute Gasteiger partial charge is 0.151 e. The zero-order chi connectivity index (χ0) is 43.4. The fraction of sp³-hybridized carbons (Fsp3) is 0.259. The van der Waals surface area contributed by atoms with Crippen molar-refractivity contribution < 1.29 is 9.90 Å². The Morgan fingerprint density at radius 3 is 1.00 bits per heavy atom. The molecule has 0 radical (unpaired) electrons. The molecule has 0 fully saturated rings. The van der Waals surface area contributed by atoms with Gasteiger partial charge < -0.3 is 27.2 Å². The van der Waals surface area contributed by atoms with Gasteiger partial charge in [0.05, 0.1) is 33.1 Å². The molecule has 0 aliphatic rings. The van der Waals surface area contributed by atoms with Gasteiger partial charge in [0.25, 0.3) is 0 Å². The van der Waals surface area contributed by atoms with Crippen LogP contribution in [0.25, 0.3) is 65.4 Å². The molecule has 3 aromatic heterocycles. The van der Waals surface area contributed by atoms with Crippen LogP contribution in [0.15, 0.2) is 146 Å². The number of nitrogens with one attached hydrogen (secondary N) is 2. The highest BCUT2D eigenvalue weighted by Crippen LogP contribution is 2.28. The molecule has 0 saturated heterocycles. The van der Waals surface area contributed by atoms with Crippen LogP contribution in [0, 0.1) is 0 Å². The summed E-state index contributed by atoms with van der Waals surface area (Å²) in [5, 5.41) is 21.2. The van der Waals surface area contributed by atoms with E-state index in [1.54, 1.807) is 0 Å². The zero-order valence-electron chi connectivity index (χ0n) is 35.8. The van der Waals surface area contributed by atoms with E-state index in [9.17, 15) is 4.79 Å². The predicted molar refractivity (Wildman–Crippen MR) is 267 cm³/mol. The van der Waals surface area contributed by atoms with E-state index in [-0.39, 0.29) is 7.43 Å². The molecule has 7 N–H and O–H groups in total. The zero-order valence-corrected chi connectivity index (χ0v) is 35.8. The summed E-state index contributed by atoms with van der Waals surface area (Å²) in [5.74, 6) is 0.